The van der Waals surface area contributed by atoms with Gasteiger partial charge in [-0.15, -0.1) is 0 Å². The van der Waals surface area contributed by atoms with E-state index < -0.39 is 23.5 Å². The van der Waals surface area contributed by atoms with E-state index in [1.54, 1.807) is 19.1 Å². The van der Waals surface area contributed by atoms with Gasteiger partial charge in [0.25, 0.3) is 0 Å². The summed E-state index contributed by atoms with van der Waals surface area (Å²) in [6, 6.07) is 11.0. The largest absolute Gasteiger partial charge is 0.457 e. The number of halogens is 1. The molecular weight excluding hydrogens is 369 g/mol. The second-order valence-electron chi connectivity index (χ2n) is 5.73. The van der Waals surface area contributed by atoms with E-state index in [-0.39, 0.29) is 24.4 Å². The molecule has 0 unspecified atom stereocenters. The lowest BCUT2D eigenvalue weighted by molar-refractivity contribution is 0.0473. The van der Waals surface area contributed by atoms with Gasteiger partial charge in [-0.1, -0.05) is 6.07 Å². The highest BCUT2D eigenvalue weighted by Gasteiger charge is 2.12. The number of benzene rings is 2. The fraction of sp³-hybridized carbons (Fsp3) is 0.150. The van der Waals surface area contributed by atoms with Gasteiger partial charge >= 0.3 is 17.7 Å². The van der Waals surface area contributed by atoms with Crippen molar-refractivity contribution in [1.82, 2.24) is 0 Å². The van der Waals surface area contributed by atoms with Crippen molar-refractivity contribution >= 4 is 28.7 Å². The van der Waals surface area contributed by atoms with Crippen molar-refractivity contribution < 1.29 is 27.9 Å². The van der Waals surface area contributed by atoms with Crippen LogP contribution in [-0.4, -0.2) is 18.7 Å². The minimum atomic E-state index is -0.721. The smallest absolute Gasteiger partial charge is 0.411 e. The van der Waals surface area contributed by atoms with Crippen LogP contribution in [0.2, 0.25) is 0 Å². The van der Waals surface area contributed by atoms with E-state index in [2.05, 4.69) is 5.32 Å². The normalized spacial score (nSPS) is 10.5. The SMILES string of the molecule is CCOC(=O)Nc1ccc2c(COC(=O)c3cccc(F)c3)cc(=O)oc2c1. The Kier molecular flexibility index (Phi) is 5.69. The highest BCUT2D eigenvalue weighted by molar-refractivity contribution is 5.91. The third-order valence-corrected chi connectivity index (χ3v) is 3.77. The number of esters is 1. The molecule has 1 N–H and O–H groups in total. The van der Waals surface area contributed by atoms with Gasteiger partial charge in [-0.3, -0.25) is 5.32 Å². The molecule has 0 radical (unpaired) electrons. The first-order chi connectivity index (χ1) is 13.5. The number of nitrogens with one attached hydrogen (secondary N) is 1. The summed E-state index contributed by atoms with van der Waals surface area (Å²) in [5.41, 5.74) is 0.422. The zero-order valence-electron chi connectivity index (χ0n) is 14.9. The molecule has 7 nitrogen and oxygen atoms in total. The van der Waals surface area contributed by atoms with Gasteiger partial charge in [-0.05, 0) is 37.3 Å². The van der Waals surface area contributed by atoms with Crippen LogP contribution in [0.3, 0.4) is 0 Å². The maximum Gasteiger partial charge on any atom is 0.411 e. The van der Waals surface area contributed by atoms with Crippen LogP contribution in [0, 0.1) is 5.82 Å². The molecule has 0 aliphatic rings. The van der Waals surface area contributed by atoms with Crippen LogP contribution in [0.1, 0.15) is 22.8 Å². The molecule has 0 aliphatic heterocycles. The molecular formula is C20H16FNO6. The predicted octanol–water partition coefficient (Wildman–Crippen LogP) is 3.86. The van der Waals surface area contributed by atoms with E-state index in [1.165, 1.54) is 30.3 Å². The number of hydrogen-bond acceptors (Lipinski definition) is 6. The highest BCUT2D eigenvalue weighted by atomic mass is 19.1. The number of ether oxygens (including phenoxy) is 2. The van der Waals surface area contributed by atoms with Crippen LogP contribution in [0.5, 0.6) is 0 Å². The predicted molar refractivity (Wildman–Crippen MR) is 98.6 cm³/mol. The Bertz CT molecular complexity index is 1090. The Labute approximate surface area is 158 Å². The lowest BCUT2D eigenvalue weighted by Gasteiger charge is -2.09. The lowest BCUT2D eigenvalue weighted by Crippen LogP contribution is -2.13. The number of fused-ring (bicyclic) bond motifs is 1. The Hall–Kier alpha value is -3.68. The molecule has 144 valence electrons. The molecule has 1 aromatic heterocycles. The van der Waals surface area contributed by atoms with Gasteiger partial charge in [0.15, 0.2) is 0 Å². The summed E-state index contributed by atoms with van der Waals surface area (Å²) in [5.74, 6) is -1.27. The summed E-state index contributed by atoms with van der Waals surface area (Å²) in [4.78, 5) is 35.4. The minimum absolute atomic E-state index is 0.0631. The number of amides is 1. The van der Waals surface area contributed by atoms with Gasteiger partial charge < -0.3 is 13.9 Å². The van der Waals surface area contributed by atoms with Crippen molar-refractivity contribution in [3.63, 3.8) is 0 Å². The van der Waals surface area contributed by atoms with E-state index in [9.17, 15) is 18.8 Å². The van der Waals surface area contributed by atoms with Crippen molar-refractivity contribution in [2.75, 3.05) is 11.9 Å². The summed E-state index contributed by atoms with van der Waals surface area (Å²) in [6.07, 6.45) is -0.635. The van der Waals surface area contributed by atoms with E-state index >= 15 is 0 Å². The molecule has 3 aromatic rings. The molecule has 1 heterocycles. The van der Waals surface area contributed by atoms with Crippen molar-refractivity contribution in [2.24, 2.45) is 0 Å². The van der Waals surface area contributed by atoms with Gasteiger partial charge in [-0.2, -0.15) is 0 Å². The van der Waals surface area contributed by atoms with E-state index in [4.69, 9.17) is 13.9 Å². The molecule has 0 saturated heterocycles. The van der Waals surface area contributed by atoms with Crippen LogP contribution >= 0.6 is 0 Å². The van der Waals surface area contributed by atoms with Crippen LogP contribution < -0.4 is 10.9 Å². The van der Waals surface area contributed by atoms with Crippen LogP contribution in [0.4, 0.5) is 14.9 Å². The van der Waals surface area contributed by atoms with Gasteiger partial charge in [0.2, 0.25) is 0 Å². The Morgan fingerprint density at radius 2 is 1.93 bits per heavy atom. The third kappa shape index (κ3) is 4.53. The molecule has 3 rings (SSSR count). The van der Waals surface area contributed by atoms with E-state index in [0.717, 1.165) is 6.07 Å². The fourth-order valence-electron chi connectivity index (χ4n) is 2.55. The van der Waals surface area contributed by atoms with E-state index in [1.807, 2.05) is 0 Å². The lowest BCUT2D eigenvalue weighted by atomic mass is 10.1. The van der Waals surface area contributed by atoms with Crippen LogP contribution in [0.15, 0.2) is 57.7 Å². The molecule has 2 aromatic carbocycles. The number of carbonyl (C=O) groups excluding carboxylic acids is 2. The number of rotatable bonds is 5. The van der Waals surface area contributed by atoms with Crippen molar-refractivity contribution in [2.45, 2.75) is 13.5 Å². The van der Waals surface area contributed by atoms with Crippen LogP contribution in [0.25, 0.3) is 11.0 Å². The number of anilines is 1. The average Bonchev–Trinajstić information content (AvgIpc) is 2.65. The summed E-state index contributed by atoms with van der Waals surface area (Å²) < 4.78 is 28.4. The van der Waals surface area contributed by atoms with E-state index in [0.29, 0.717) is 16.6 Å². The third-order valence-electron chi connectivity index (χ3n) is 3.77. The maximum atomic E-state index is 13.2. The van der Waals surface area contributed by atoms with Crippen molar-refractivity contribution in [3.8, 4) is 0 Å². The number of hydrogen-bond donors (Lipinski definition) is 1. The van der Waals surface area contributed by atoms with Gasteiger partial charge in [0.1, 0.15) is 18.0 Å². The maximum absolute atomic E-state index is 13.2. The van der Waals surface area contributed by atoms with Gasteiger partial charge in [0.05, 0.1) is 12.2 Å². The molecule has 8 heteroatoms. The molecule has 0 atom stereocenters. The van der Waals surface area contributed by atoms with Gasteiger partial charge in [-0.25, -0.2) is 18.8 Å². The Morgan fingerprint density at radius 1 is 1.11 bits per heavy atom. The molecule has 0 saturated carbocycles. The monoisotopic (exact) mass is 385 g/mol. The first-order valence-electron chi connectivity index (χ1n) is 8.39. The molecule has 0 fully saturated rings. The highest BCUT2D eigenvalue weighted by Crippen LogP contribution is 2.22. The Morgan fingerprint density at radius 3 is 2.68 bits per heavy atom. The van der Waals surface area contributed by atoms with Crippen molar-refractivity contribution in [3.05, 3.63) is 75.9 Å². The molecule has 0 aliphatic carbocycles. The van der Waals surface area contributed by atoms with Gasteiger partial charge in [0, 0.05) is 28.8 Å². The summed E-state index contributed by atoms with van der Waals surface area (Å²) >= 11 is 0. The first-order valence-corrected chi connectivity index (χ1v) is 8.39. The fourth-order valence-corrected chi connectivity index (χ4v) is 2.55. The standard InChI is InChI=1S/C20H16FNO6/c1-2-26-20(25)22-15-6-7-16-13(9-18(23)28-17(16)10-15)11-27-19(24)12-4-3-5-14(21)8-12/h3-10H,2,11H2,1H3,(H,22,25). The molecule has 0 bridgehead atoms. The molecule has 0 spiro atoms. The second-order valence-corrected chi connectivity index (χ2v) is 5.73. The zero-order valence-corrected chi connectivity index (χ0v) is 14.9. The molecule has 1 amide bonds. The quantitative estimate of drug-likeness (QED) is 0.529. The average molecular weight is 385 g/mol. The summed E-state index contributed by atoms with van der Waals surface area (Å²) in [5, 5.41) is 3.04. The number of carbonyl (C=O) groups is 2. The Balaban J connectivity index is 1.82. The topological polar surface area (TPSA) is 94.8 Å². The molecule has 28 heavy (non-hydrogen) atoms. The summed E-state index contributed by atoms with van der Waals surface area (Å²) in [6.45, 7) is 1.69. The second kappa shape index (κ2) is 8.34. The zero-order chi connectivity index (χ0) is 20.1. The first kappa shape index (κ1) is 19.1. The summed E-state index contributed by atoms with van der Waals surface area (Å²) in [7, 11) is 0. The van der Waals surface area contributed by atoms with Crippen molar-refractivity contribution in [1.29, 1.82) is 0 Å². The van der Waals surface area contributed by atoms with Crippen LogP contribution in [-0.2, 0) is 16.1 Å². The minimum Gasteiger partial charge on any atom is -0.457 e.